The van der Waals surface area contributed by atoms with Gasteiger partial charge in [-0.15, -0.1) is 0 Å². The Labute approximate surface area is 202 Å². The van der Waals surface area contributed by atoms with Gasteiger partial charge in [-0.2, -0.15) is 18.4 Å². The van der Waals surface area contributed by atoms with Crippen molar-refractivity contribution < 1.29 is 13.2 Å². The summed E-state index contributed by atoms with van der Waals surface area (Å²) in [7, 11) is 1.66. The van der Waals surface area contributed by atoms with Crippen LogP contribution in [-0.4, -0.2) is 37.8 Å². The maximum atomic E-state index is 13.6. The lowest BCUT2D eigenvalue weighted by atomic mass is 9.97. The van der Waals surface area contributed by atoms with E-state index in [2.05, 4.69) is 26.8 Å². The molecule has 1 fully saturated rings. The van der Waals surface area contributed by atoms with Crippen LogP contribution in [0.5, 0.6) is 0 Å². The molecule has 0 amide bonds. The third-order valence-corrected chi connectivity index (χ3v) is 6.47. The standard InChI is InChI=1S/C26H30F3N5O/c1-25(2,3)16-34-21-11-10-20(31-23(21)32(4)24(34)35)19-13-17(8-9-18(19)14-30)15-33-12-6-5-7-22(33)26(27,28)29/h8-11,13,22H,5-7,12,15-16H2,1-4H3. The van der Waals surface area contributed by atoms with E-state index < -0.39 is 12.2 Å². The molecule has 2 aromatic heterocycles. The zero-order chi connectivity index (χ0) is 25.5. The van der Waals surface area contributed by atoms with Crippen LogP contribution < -0.4 is 5.69 Å². The molecule has 0 aliphatic carbocycles. The van der Waals surface area contributed by atoms with Crippen LogP contribution in [0.4, 0.5) is 13.2 Å². The predicted octanol–water partition coefficient (Wildman–Crippen LogP) is 5.24. The molecule has 9 heteroatoms. The largest absolute Gasteiger partial charge is 0.404 e. The Kier molecular flexibility index (Phi) is 6.54. The van der Waals surface area contributed by atoms with Crippen molar-refractivity contribution in [3.8, 4) is 17.3 Å². The number of aromatic nitrogens is 3. The summed E-state index contributed by atoms with van der Waals surface area (Å²) in [5.41, 5.74) is 3.04. The van der Waals surface area contributed by atoms with Crippen molar-refractivity contribution in [1.82, 2.24) is 19.0 Å². The highest BCUT2D eigenvalue weighted by molar-refractivity contribution is 5.78. The van der Waals surface area contributed by atoms with Crippen LogP contribution >= 0.6 is 0 Å². The summed E-state index contributed by atoms with van der Waals surface area (Å²) in [6.07, 6.45) is -2.87. The fraction of sp³-hybridized carbons (Fsp3) is 0.500. The van der Waals surface area contributed by atoms with Gasteiger partial charge in [-0.05, 0) is 54.6 Å². The average molecular weight is 486 g/mol. The molecule has 6 nitrogen and oxygen atoms in total. The van der Waals surface area contributed by atoms with Crippen molar-refractivity contribution in [3.05, 3.63) is 51.9 Å². The van der Waals surface area contributed by atoms with E-state index in [0.29, 0.717) is 53.1 Å². The molecule has 0 N–H and O–H groups in total. The van der Waals surface area contributed by atoms with Crippen molar-refractivity contribution in [1.29, 1.82) is 5.26 Å². The van der Waals surface area contributed by atoms with E-state index in [-0.39, 0.29) is 24.1 Å². The highest BCUT2D eigenvalue weighted by Gasteiger charge is 2.44. The Morgan fingerprint density at radius 2 is 1.89 bits per heavy atom. The lowest BCUT2D eigenvalue weighted by Gasteiger charge is -2.36. The van der Waals surface area contributed by atoms with Gasteiger partial charge in [0, 0.05) is 25.7 Å². The normalized spacial score (nSPS) is 17.6. The Morgan fingerprint density at radius 1 is 1.14 bits per heavy atom. The quantitative estimate of drug-likeness (QED) is 0.507. The molecule has 1 saturated heterocycles. The maximum absolute atomic E-state index is 13.6. The van der Waals surface area contributed by atoms with Crippen molar-refractivity contribution in [3.63, 3.8) is 0 Å². The van der Waals surface area contributed by atoms with Gasteiger partial charge in [0.05, 0.1) is 22.8 Å². The van der Waals surface area contributed by atoms with Crippen LogP contribution in [0.25, 0.3) is 22.4 Å². The van der Waals surface area contributed by atoms with E-state index in [4.69, 9.17) is 4.98 Å². The lowest BCUT2D eigenvalue weighted by Crippen LogP contribution is -2.48. The fourth-order valence-corrected chi connectivity index (χ4v) is 4.84. The fourth-order valence-electron chi connectivity index (χ4n) is 4.84. The number of nitrogens with zero attached hydrogens (tertiary/aromatic N) is 5. The summed E-state index contributed by atoms with van der Waals surface area (Å²) in [6.45, 7) is 7.21. The number of halogens is 3. The molecule has 3 heterocycles. The van der Waals surface area contributed by atoms with Crippen LogP contribution in [0, 0.1) is 16.7 Å². The molecule has 1 aromatic carbocycles. The Hall–Kier alpha value is -3.12. The topological polar surface area (TPSA) is 66.8 Å². The number of likely N-dealkylation sites (tertiary alicyclic amines) is 1. The third kappa shape index (κ3) is 5.13. The van der Waals surface area contributed by atoms with Crippen LogP contribution in [0.3, 0.4) is 0 Å². The number of pyridine rings is 1. The smallest absolute Gasteiger partial charge is 0.290 e. The molecule has 0 bridgehead atoms. The number of hydrogen-bond acceptors (Lipinski definition) is 4. The minimum atomic E-state index is -4.27. The van der Waals surface area contributed by atoms with Crippen molar-refractivity contribution in [2.75, 3.05) is 6.54 Å². The number of benzene rings is 1. The second-order valence-electron chi connectivity index (χ2n) is 10.5. The summed E-state index contributed by atoms with van der Waals surface area (Å²) in [6, 6.07) is 9.38. The molecule has 1 aliphatic rings. The van der Waals surface area contributed by atoms with Gasteiger partial charge in [0.2, 0.25) is 0 Å². The number of fused-ring (bicyclic) bond motifs is 1. The molecule has 0 spiro atoms. The number of aryl methyl sites for hydroxylation is 1. The second kappa shape index (κ2) is 9.15. The number of imidazole rings is 1. The molecular weight excluding hydrogens is 455 g/mol. The lowest BCUT2D eigenvalue weighted by molar-refractivity contribution is -0.192. The molecule has 0 saturated carbocycles. The van der Waals surface area contributed by atoms with Crippen LogP contribution in [-0.2, 0) is 20.1 Å². The molecule has 0 radical (unpaired) electrons. The molecule has 1 unspecified atom stereocenters. The number of nitriles is 1. The molecule has 4 rings (SSSR count). The third-order valence-electron chi connectivity index (χ3n) is 6.47. The molecule has 3 aromatic rings. The molecule has 186 valence electrons. The summed E-state index contributed by atoms with van der Waals surface area (Å²) in [5.74, 6) is 0. The van der Waals surface area contributed by atoms with Gasteiger partial charge < -0.3 is 0 Å². The van der Waals surface area contributed by atoms with E-state index in [0.717, 1.165) is 6.42 Å². The minimum absolute atomic E-state index is 0.102. The monoisotopic (exact) mass is 485 g/mol. The van der Waals surface area contributed by atoms with Crippen LogP contribution in [0.1, 0.15) is 51.2 Å². The van der Waals surface area contributed by atoms with Crippen molar-refractivity contribution >= 4 is 11.2 Å². The zero-order valence-corrected chi connectivity index (χ0v) is 20.5. The Morgan fingerprint density at radius 3 is 2.54 bits per heavy atom. The zero-order valence-electron chi connectivity index (χ0n) is 20.5. The molecular formula is C26H30F3N5O. The Bertz CT molecular complexity index is 1340. The summed E-state index contributed by atoms with van der Waals surface area (Å²) >= 11 is 0. The van der Waals surface area contributed by atoms with Gasteiger partial charge in [0.1, 0.15) is 6.04 Å². The summed E-state index contributed by atoms with van der Waals surface area (Å²) < 4.78 is 43.9. The van der Waals surface area contributed by atoms with Crippen molar-refractivity contribution in [2.45, 2.75) is 65.3 Å². The second-order valence-corrected chi connectivity index (χ2v) is 10.5. The van der Waals surface area contributed by atoms with Gasteiger partial charge in [0.25, 0.3) is 0 Å². The van der Waals surface area contributed by atoms with Gasteiger partial charge >= 0.3 is 11.9 Å². The predicted molar refractivity (Wildman–Crippen MR) is 129 cm³/mol. The molecule has 1 aliphatic heterocycles. The number of rotatable bonds is 4. The highest BCUT2D eigenvalue weighted by Crippen LogP contribution is 2.34. The first-order valence-electron chi connectivity index (χ1n) is 11.8. The first-order chi connectivity index (χ1) is 16.4. The van der Waals surface area contributed by atoms with Crippen molar-refractivity contribution in [2.24, 2.45) is 12.5 Å². The maximum Gasteiger partial charge on any atom is 0.404 e. The van der Waals surface area contributed by atoms with Crippen LogP contribution in [0.15, 0.2) is 35.1 Å². The summed E-state index contributed by atoms with van der Waals surface area (Å²) in [4.78, 5) is 19.0. The molecule has 1 atom stereocenters. The van der Waals surface area contributed by atoms with E-state index in [1.54, 1.807) is 35.9 Å². The van der Waals surface area contributed by atoms with E-state index in [9.17, 15) is 23.2 Å². The average Bonchev–Trinajstić information content (AvgIpc) is 3.02. The van der Waals surface area contributed by atoms with Gasteiger partial charge in [-0.3, -0.25) is 14.0 Å². The molecule has 35 heavy (non-hydrogen) atoms. The van der Waals surface area contributed by atoms with Crippen LogP contribution in [0.2, 0.25) is 0 Å². The van der Waals surface area contributed by atoms with E-state index in [1.165, 1.54) is 9.47 Å². The van der Waals surface area contributed by atoms with E-state index >= 15 is 0 Å². The highest BCUT2D eigenvalue weighted by atomic mass is 19.4. The van der Waals surface area contributed by atoms with E-state index in [1.807, 2.05) is 6.07 Å². The number of hydrogen-bond donors (Lipinski definition) is 0. The van der Waals surface area contributed by atoms with Gasteiger partial charge in [-0.1, -0.05) is 33.3 Å². The first-order valence-corrected chi connectivity index (χ1v) is 11.8. The summed E-state index contributed by atoms with van der Waals surface area (Å²) in [5, 5.41) is 9.69. The number of piperidine rings is 1. The minimum Gasteiger partial charge on any atom is -0.290 e. The number of alkyl halides is 3. The first kappa shape index (κ1) is 25.0. The SMILES string of the molecule is Cn1c(=O)n(CC(C)(C)C)c2ccc(-c3cc(CN4CCCCC4C(F)(F)F)ccc3C#N)nc21. The van der Waals surface area contributed by atoms with Gasteiger partial charge in [-0.25, -0.2) is 9.78 Å². The van der Waals surface area contributed by atoms with Gasteiger partial charge in [0.15, 0.2) is 5.65 Å². The Balaban J connectivity index is 1.74.